The third-order valence-corrected chi connectivity index (χ3v) is 6.63. The van der Waals surface area contributed by atoms with E-state index >= 15 is 0 Å². The summed E-state index contributed by atoms with van der Waals surface area (Å²) in [7, 11) is 1.62. The minimum atomic E-state index is -0.354. The van der Waals surface area contributed by atoms with Crippen molar-refractivity contribution in [2.45, 2.75) is 23.8 Å². The molecule has 0 saturated heterocycles. The fourth-order valence-electron chi connectivity index (χ4n) is 2.92. The standard InChI is InChI=1S/C23H21N5O2S2/c1-3-20(21(29)26-23-25-19(14-31-23)15-7-5-4-6-8-15)32-22-24-13-18(27-28-22)16-9-11-17(30-2)12-10-16/h4-14,20H,3H2,1-2H3,(H,25,26,29). The number of anilines is 1. The van der Waals surface area contributed by atoms with E-state index in [1.54, 1.807) is 13.3 Å². The molecule has 32 heavy (non-hydrogen) atoms. The maximum atomic E-state index is 12.8. The molecular weight excluding hydrogens is 442 g/mol. The normalized spacial score (nSPS) is 11.7. The molecule has 2 heterocycles. The second-order valence-corrected chi connectivity index (χ2v) is 8.79. The van der Waals surface area contributed by atoms with Crippen molar-refractivity contribution >= 4 is 34.1 Å². The van der Waals surface area contributed by atoms with Gasteiger partial charge in [0.1, 0.15) is 11.4 Å². The Kier molecular flexibility index (Phi) is 7.08. The van der Waals surface area contributed by atoms with E-state index in [1.165, 1.54) is 23.1 Å². The molecule has 9 heteroatoms. The first-order valence-corrected chi connectivity index (χ1v) is 11.7. The molecule has 0 aliphatic rings. The number of thiazole rings is 1. The lowest BCUT2D eigenvalue weighted by atomic mass is 10.2. The second-order valence-electron chi connectivity index (χ2n) is 6.76. The van der Waals surface area contributed by atoms with E-state index in [2.05, 4.69) is 25.5 Å². The van der Waals surface area contributed by atoms with E-state index < -0.39 is 0 Å². The van der Waals surface area contributed by atoms with Crippen LogP contribution in [0, 0.1) is 0 Å². The van der Waals surface area contributed by atoms with Gasteiger partial charge in [-0.2, -0.15) is 0 Å². The van der Waals surface area contributed by atoms with Gasteiger partial charge < -0.3 is 10.1 Å². The van der Waals surface area contributed by atoms with Crippen LogP contribution in [-0.2, 0) is 4.79 Å². The summed E-state index contributed by atoms with van der Waals surface area (Å²) < 4.78 is 5.17. The first-order valence-electron chi connectivity index (χ1n) is 9.99. The second kappa shape index (κ2) is 10.3. The summed E-state index contributed by atoms with van der Waals surface area (Å²) in [6.45, 7) is 1.95. The average molecular weight is 464 g/mol. The topological polar surface area (TPSA) is 89.9 Å². The third-order valence-electron chi connectivity index (χ3n) is 4.64. The zero-order chi connectivity index (χ0) is 22.3. The molecule has 0 spiro atoms. The Morgan fingerprint density at radius 2 is 1.81 bits per heavy atom. The number of nitrogens with zero attached hydrogens (tertiary/aromatic N) is 4. The van der Waals surface area contributed by atoms with Gasteiger partial charge in [-0.25, -0.2) is 9.97 Å². The number of carbonyl (C=O) groups is 1. The lowest BCUT2D eigenvalue weighted by molar-refractivity contribution is -0.115. The Morgan fingerprint density at radius 1 is 1.06 bits per heavy atom. The minimum Gasteiger partial charge on any atom is -0.497 e. The van der Waals surface area contributed by atoms with E-state index in [4.69, 9.17) is 4.74 Å². The van der Waals surface area contributed by atoms with Crippen LogP contribution in [0.5, 0.6) is 5.75 Å². The van der Waals surface area contributed by atoms with Crippen LogP contribution in [0.4, 0.5) is 5.13 Å². The minimum absolute atomic E-state index is 0.130. The molecule has 0 fully saturated rings. The SMILES string of the molecule is CCC(Sc1ncc(-c2ccc(OC)cc2)nn1)C(=O)Nc1nc(-c2ccccc2)cs1. The molecule has 1 N–H and O–H groups in total. The molecule has 2 aromatic carbocycles. The van der Waals surface area contributed by atoms with Crippen LogP contribution in [-0.4, -0.2) is 38.4 Å². The molecule has 1 amide bonds. The Bertz CT molecular complexity index is 1170. The maximum Gasteiger partial charge on any atom is 0.239 e. The van der Waals surface area contributed by atoms with Crippen molar-refractivity contribution < 1.29 is 9.53 Å². The zero-order valence-electron chi connectivity index (χ0n) is 17.6. The van der Waals surface area contributed by atoms with Gasteiger partial charge in [0, 0.05) is 16.5 Å². The first-order chi connectivity index (χ1) is 15.7. The van der Waals surface area contributed by atoms with Crippen molar-refractivity contribution in [2.75, 3.05) is 12.4 Å². The number of hydrogen-bond donors (Lipinski definition) is 1. The van der Waals surface area contributed by atoms with E-state index in [-0.39, 0.29) is 11.2 Å². The number of benzene rings is 2. The zero-order valence-corrected chi connectivity index (χ0v) is 19.2. The molecule has 0 radical (unpaired) electrons. The number of aromatic nitrogens is 4. The molecule has 4 rings (SSSR count). The third kappa shape index (κ3) is 5.30. The quantitative estimate of drug-likeness (QED) is 0.360. The van der Waals surface area contributed by atoms with Gasteiger partial charge in [0.05, 0.1) is 24.3 Å². The number of ether oxygens (including phenoxy) is 1. The summed E-state index contributed by atoms with van der Waals surface area (Å²) in [5, 5.41) is 14.0. The van der Waals surface area contributed by atoms with Gasteiger partial charge in [-0.15, -0.1) is 21.5 Å². The van der Waals surface area contributed by atoms with Crippen molar-refractivity contribution in [1.29, 1.82) is 0 Å². The van der Waals surface area contributed by atoms with Gasteiger partial charge >= 0.3 is 0 Å². The number of rotatable bonds is 8. The van der Waals surface area contributed by atoms with Gasteiger partial charge in [-0.05, 0) is 30.7 Å². The van der Waals surface area contributed by atoms with Gasteiger partial charge in [-0.3, -0.25) is 4.79 Å². The van der Waals surface area contributed by atoms with Crippen LogP contribution < -0.4 is 10.1 Å². The molecule has 4 aromatic rings. The highest BCUT2D eigenvalue weighted by molar-refractivity contribution is 8.00. The Hall–Kier alpha value is -3.30. The number of nitrogens with one attached hydrogen (secondary N) is 1. The molecule has 1 unspecified atom stereocenters. The van der Waals surface area contributed by atoms with Gasteiger partial charge in [0.2, 0.25) is 11.1 Å². The summed E-state index contributed by atoms with van der Waals surface area (Å²) in [6.07, 6.45) is 2.28. The molecule has 0 saturated carbocycles. The number of thioether (sulfide) groups is 1. The van der Waals surface area contributed by atoms with E-state index in [0.717, 1.165) is 22.6 Å². The van der Waals surface area contributed by atoms with Gasteiger partial charge in [-0.1, -0.05) is 49.0 Å². The Morgan fingerprint density at radius 3 is 2.47 bits per heavy atom. The van der Waals surface area contributed by atoms with Crippen LogP contribution in [0.1, 0.15) is 13.3 Å². The molecule has 2 aromatic heterocycles. The highest BCUT2D eigenvalue weighted by Gasteiger charge is 2.21. The van der Waals surface area contributed by atoms with Crippen molar-refractivity contribution in [1.82, 2.24) is 20.2 Å². The highest BCUT2D eigenvalue weighted by Crippen LogP contribution is 2.28. The molecule has 0 bridgehead atoms. The number of methoxy groups -OCH3 is 1. The van der Waals surface area contributed by atoms with Crippen LogP contribution in [0.3, 0.4) is 0 Å². The average Bonchev–Trinajstić information content (AvgIpc) is 3.32. The molecule has 162 valence electrons. The monoisotopic (exact) mass is 463 g/mol. The number of hydrogen-bond acceptors (Lipinski definition) is 8. The van der Waals surface area contributed by atoms with E-state index in [0.29, 0.717) is 22.4 Å². The van der Waals surface area contributed by atoms with Crippen molar-refractivity contribution in [3.05, 3.63) is 66.2 Å². The summed E-state index contributed by atoms with van der Waals surface area (Å²) in [5.41, 5.74) is 3.41. The van der Waals surface area contributed by atoms with Crippen LogP contribution in [0.15, 0.2) is 71.3 Å². The molecular formula is C23H21N5O2S2. The van der Waals surface area contributed by atoms with Crippen LogP contribution >= 0.6 is 23.1 Å². The summed E-state index contributed by atoms with van der Waals surface area (Å²) in [6, 6.07) is 17.4. The van der Waals surface area contributed by atoms with Crippen molar-refractivity contribution in [2.24, 2.45) is 0 Å². The predicted octanol–water partition coefficient (Wildman–Crippen LogP) is 5.18. The number of amides is 1. The van der Waals surface area contributed by atoms with Crippen LogP contribution in [0.25, 0.3) is 22.5 Å². The smallest absolute Gasteiger partial charge is 0.239 e. The van der Waals surface area contributed by atoms with E-state index in [1.807, 2.05) is 66.9 Å². The van der Waals surface area contributed by atoms with Crippen LogP contribution in [0.2, 0.25) is 0 Å². The van der Waals surface area contributed by atoms with Crippen molar-refractivity contribution in [3.63, 3.8) is 0 Å². The van der Waals surface area contributed by atoms with E-state index in [9.17, 15) is 4.79 Å². The molecule has 0 aliphatic heterocycles. The largest absolute Gasteiger partial charge is 0.497 e. The first kappa shape index (κ1) is 21.9. The predicted molar refractivity (Wildman–Crippen MR) is 128 cm³/mol. The number of carbonyl (C=O) groups excluding carboxylic acids is 1. The lowest BCUT2D eigenvalue weighted by Crippen LogP contribution is -2.24. The Balaban J connectivity index is 1.39. The maximum absolute atomic E-state index is 12.8. The molecule has 1 atom stereocenters. The van der Waals surface area contributed by atoms with Gasteiger partial charge in [0.15, 0.2) is 5.13 Å². The summed E-state index contributed by atoms with van der Waals surface area (Å²) >= 11 is 2.69. The fourth-order valence-corrected chi connectivity index (χ4v) is 4.43. The highest BCUT2D eigenvalue weighted by atomic mass is 32.2. The molecule has 7 nitrogen and oxygen atoms in total. The van der Waals surface area contributed by atoms with Crippen molar-refractivity contribution in [3.8, 4) is 28.3 Å². The Labute approximate surface area is 194 Å². The molecule has 0 aliphatic carbocycles. The summed E-state index contributed by atoms with van der Waals surface area (Å²) in [4.78, 5) is 21.7. The van der Waals surface area contributed by atoms with Gasteiger partial charge in [0.25, 0.3) is 0 Å². The summed E-state index contributed by atoms with van der Waals surface area (Å²) in [5.74, 6) is 0.643. The lowest BCUT2D eigenvalue weighted by Gasteiger charge is -2.12. The fraction of sp³-hybridized carbons (Fsp3) is 0.174.